The summed E-state index contributed by atoms with van der Waals surface area (Å²) in [5, 5.41) is 13.9. The van der Waals surface area contributed by atoms with Crippen LogP contribution in [0.1, 0.15) is 0 Å². The number of nitro benzene ring substituents is 1. The van der Waals surface area contributed by atoms with Crippen molar-refractivity contribution >= 4 is 50.9 Å². The maximum atomic E-state index is 11.2. The molecule has 0 atom stereocenters. The molecule has 0 saturated heterocycles. The molecule has 0 aliphatic heterocycles. The first-order chi connectivity index (χ1) is 12.0. The van der Waals surface area contributed by atoms with Gasteiger partial charge < -0.3 is 4.57 Å². The van der Waals surface area contributed by atoms with Crippen LogP contribution in [0.2, 0.25) is 5.02 Å². The smallest absolute Gasteiger partial charge is 0.278 e. The molecule has 25 heavy (non-hydrogen) atoms. The van der Waals surface area contributed by atoms with Crippen LogP contribution in [-0.4, -0.2) is 19.5 Å². The van der Waals surface area contributed by atoms with Crippen LogP contribution in [0.3, 0.4) is 0 Å². The van der Waals surface area contributed by atoms with Crippen LogP contribution in [0.5, 0.6) is 0 Å². The van der Waals surface area contributed by atoms with Gasteiger partial charge >= 0.3 is 0 Å². The first-order valence-corrected chi connectivity index (χ1v) is 8.55. The molecule has 6 nitrogen and oxygen atoms in total. The Kier molecular flexibility index (Phi) is 3.82. The first-order valence-electron chi connectivity index (χ1n) is 7.35. The van der Waals surface area contributed by atoms with E-state index in [9.17, 15) is 10.1 Å². The highest BCUT2D eigenvalue weighted by Crippen LogP contribution is 2.37. The summed E-state index contributed by atoms with van der Waals surface area (Å²) in [6, 6.07) is 10.6. The van der Waals surface area contributed by atoms with E-state index in [0.29, 0.717) is 10.4 Å². The Hall–Kier alpha value is -2.64. The molecular weight excluding hydrogens is 360 g/mol. The summed E-state index contributed by atoms with van der Waals surface area (Å²) in [6.45, 7) is 0. The Labute approximate surface area is 151 Å². The van der Waals surface area contributed by atoms with Crippen molar-refractivity contribution in [2.24, 2.45) is 7.05 Å². The molecule has 4 aromatic rings. The summed E-state index contributed by atoms with van der Waals surface area (Å²) in [5.74, 6) is 0. The second-order valence-electron chi connectivity index (χ2n) is 5.45. The summed E-state index contributed by atoms with van der Waals surface area (Å²) >= 11 is 7.49. The molecule has 0 unspecified atom stereocenters. The molecule has 0 amide bonds. The van der Waals surface area contributed by atoms with Gasteiger partial charge in [0.2, 0.25) is 0 Å². The number of hydrogen-bond donors (Lipinski definition) is 0. The minimum atomic E-state index is -0.393. The first kappa shape index (κ1) is 15.9. The lowest BCUT2D eigenvalue weighted by atomic mass is 10.1. The van der Waals surface area contributed by atoms with Gasteiger partial charge in [0.25, 0.3) is 5.69 Å². The summed E-state index contributed by atoms with van der Waals surface area (Å²) < 4.78 is 1.98. The van der Waals surface area contributed by atoms with Crippen LogP contribution in [-0.2, 0) is 7.05 Å². The highest BCUT2D eigenvalue weighted by molar-refractivity contribution is 7.99. The number of hydrogen-bond acceptors (Lipinski definition) is 5. The molecule has 0 radical (unpaired) electrons. The summed E-state index contributed by atoms with van der Waals surface area (Å²) in [4.78, 5) is 20.4. The fourth-order valence-electron chi connectivity index (χ4n) is 2.74. The molecule has 8 heteroatoms. The lowest BCUT2D eigenvalue weighted by Gasteiger charge is -2.06. The average Bonchev–Trinajstić information content (AvgIpc) is 2.90. The SMILES string of the molecule is Cn1c(Sc2ccc([N+](=O)[O-])c3cnccc23)nc2cc(Cl)ccc21. The lowest BCUT2D eigenvalue weighted by Crippen LogP contribution is -1.93. The molecule has 0 aliphatic rings. The molecule has 0 saturated carbocycles. The van der Waals surface area contributed by atoms with Gasteiger partial charge in [0, 0.05) is 40.8 Å². The molecule has 2 heterocycles. The summed E-state index contributed by atoms with van der Waals surface area (Å²) in [6.07, 6.45) is 3.15. The molecule has 0 aliphatic carbocycles. The molecule has 2 aromatic heterocycles. The molecular formula is C17H11ClN4O2S. The van der Waals surface area contributed by atoms with Crippen LogP contribution in [0.15, 0.2) is 58.8 Å². The Morgan fingerprint density at radius 1 is 1.20 bits per heavy atom. The number of non-ortho nitro benzene ring substituents is 1. The minimum Gasteiger partial charge on any atom is -0.322 e. The van der Waals surface area contributed by atoms with Crippen molar-refractivity contribution in [2.75, 3.05) is 0 Å². The van der Waals surface area contributed by atoms with Crippen molar-refractivity contribution in [2.45, 2.75) is 10.1 Å². The number of nitro groups is 1. The normalized spacial score (nSPS) is 11.3. The van der Waals surface area contributed by atoms with E-state index in [2.05, 4.69) is 9.97 Å². The van der Waals surface area contributed by atoms with Crippen LogP contribution >= 0.6 is 23.4 Å². The highest BCUT2D eigenvalue weighted by atomic mass is 35.5. The Balaban J connectivity index is 1.85. The van der Waals surface area contributed by atoms with E-state index >= 15 is 0 Å². The van der Waals surface area contributed by atoms with Crippen LogP contribution < -0.4 is 0 Å². The Bertz CT molecular complexity index is 1140. The molecule has 4 rings (SSSR count). The van der Waals surface area contributed by atoms with E-state index in [1.165, 1.54) is 24.0 Å². The van der Waals surface area contributed by atoms with Gasteiger partial charge in [-0.05, 0) is 30.3 Å². The fraction of sp³-hybridized carbons (Fsp3) is 0.0588. The monoisotopic (exact) mass is 370 g/mol. The number of imidazole rings is 1. The van der Waals surface area contributed by atoms with Gasteiger partial charge in [0.05, 0.1) is 21.3 Å². The number of fused-ring (bicyclic) bond motifs is 2. The lowest BCUT2D eigenvalue weighted by molar-refractivity contribution is -0.383. The number of pyridine rings is 1. The minimum absolute atomic E-state index is 0.0456. The maximum Gasteiger partial charge on any atom is 0.278 e. The van der Waals surface area contributed by atoms with Gasteiger partial charge in [0.1, 0.15) is 0 Å². The van der Waals surface area contributed by atoms with E-state index < -0.39 is 4.92 Å². The predicted octanol–water partition coefficient (Wildman–Crippen LogP) is 4.83. The summed E-state index contributed by atoms with van der Waals surface area (Å²) in [5.41, 5.74) is 1.83. The van der Waals surface area contributed by atoms with E-state index in [-0.39, 0.29) is 5.69 Å². The van der Waals surface area contributed by atoms with Crippen molar-refractivity contribution in [3.8, 4) is 0 Å². The molecule has 0 fully saturated rings. The molecule has 124 valence electrons. The average molecular weight is 371 g/mol. The zero-order valence-corrected chi connectivity index (χ0v) is 14.6. The van der Waals surface area contributed by atoms with Crippen LogP contribution in [0, 0.1) is 10.1 Å². The van der Waals surface area contributed by atoms with Gasteiger partial charge in [0.15, 0.2) is 5.16 Å². The van der Waals surface area contributed by atoms with E-state index in [1.807, 2.05) is 29.8 Å². The van der Waals surface area contributed by atoms with Crippen LogP contribution in [0.4, 0.5) is 5.69 Å². The number of aryl methyl sites for hydroxylation is 1. The quantitative estimate of drug-likeness (QED) is 0.381. The largest absolute Gasteiger partial charge is 0.322 e. The van der Waals surface area contributed by atoms with E-state index in [1.54, 1.807) is 18.3 Å². The number of aromatic nitrogens is 3. The third kappa shape index (κ3) is 2.71. The third-order valence-corrected chi connectivity index (χ3v) is 5.31. The summed E-state index contributed by atoms with van der Waals surface area (Å²) in [7, 11) is 1.93. The van der Waals surface area contributed by atoms with Gasteiger partial charge in [-0.2, -0.15) is 0 Å². The Morgan fingerprint density at radius 2 is 2.04 bits per heavy atom. The van der Waals surface area contributed by atoms with Crippen molar-refractivity contribution in [3.05, 3.63) is 63.9 Å². The van der Waals surface area contributed by atoms with Gasteiger partial charge in [-0.15, -0.1) is 0 Å². The van der Waals surface area contributed by atoms with E-state index in [0.717, 1.165) is 26.5 Å². The van der Waals surface area contributed by atoms with Crippen molar-refractivity contribution in [3.63, 3.8) is 0 Å². The second-order valence-corrected chi connectivity index (χ2v) is 6.90. The second kappa shape index (κ2) is 6.02. The van der Waals surface area contributed by atoms with Crippen molar-refractivity contribution in [1.29, 1.82) is 0 Å². The number of halogens is 1. The van der Waals surface area contributed by atoms with Gasteiger partial charge in [-0.3, -0.25) is 15.1 Å². The van der Waals surface area contributed by atoms with Crippen LogP contribution in [0.25, 0.3) is 21.8 Å². The van der Waals surface area contributed by atoms with E-state index in [4.69, 9.17) is 11.6 Å². The molecule has 0 spiro atoms. The standard InChI is InChI=1S/C17H11ClN4O2S/c1-21-15-3-2-10(18)8-13(15)20-17(21)25-16-5-4-14(22(23)24)12-9-19-7-6-11(12)16/h2-9H,1H3. The fourth-order valence-corrected chi connectivity index (χ4v) is 3.90. The topological polar surface area (TPSA) is 73.8 Å². The number of nitrogens with zero attached hydrogens (tertiary/aromatic N) is 4. The number of benzene rings is 2. The molecule has 0 N–H and O–H groups in total. The zero-order chi connectivity index (χ0) is 17.6. The molecule has 0 bridgehead atoms. The Morgan fingerprint density at radius 3 is 2.84 bits per heavy atom. The van der Waals surface area contributed by atoms with Crippen molar-refractivity contribution in [1.82, 2.24) is 14.5 Å². The molecule has 2 aromatic carbocycles. The predicted molar refractivity (Wildman–Crippen MR) is 98.2 cm³/mol. The zero-order valence-electron chi connectivity index (χ0n) is 13.0. The highest BCUT2D eigenvalue weighted by Gasteiger charge is 2.17. The van der Waals surface area contributed by atoms with Gasteiger partial charge in [-0.25, -0.2) is 4.98 Å². The van der Waals surface area contributed by atoms with Gasteiger partial charge in [-0.1, -0.05) is 23.4 Å². The maximum absolute atomic E-state index is 11.2. The van der Waals surface area contributed by atoms with Crippen molar-refractivity contribution < 1.29 is 4.92 Å². The number of rotatable bonds is 3. The third-order valence-electron chi connectivity index (χ3n) is 3.95.